The van der Waals surface area contributed by atoms with E-state index in [1.807, 2.05) is 30.7 Å². The summed E-state index contributed by atoms with van der Waals surface area (Å²) in [5, 5.41) is 15.8. The van der Waals surface area contributed by atoms with Crippen molar-refractivity contribution in [3.8, 4) is 6.07 Å². The third-order valence-corrected chi connectivity index (χ3v) is 4.38. The Morgan fingerprint density at radius 3 is 2.64 bits per heavy atom. The molecule has 6 heteroatoms. The predicted molar refractivity (Wildman–Crippen MR) is 85.2 cm³/mol. The molecule has 1 aromatic heterocycles. The maximum absolute atomic E-state index is 12.1. The molecule has 0 saturated heterocycles. The molecule has 2 unspecified atom stereocenters. The molecule has 0 aromatic carbocycles. The topological polar surface area (TPSA) is 79.2 Å². The van der Waals surface area contributed by atoms with Crippen molar-refractivity contribution in [2.45, 2.75) is 52.2 Å². The van der Waals surface area contributed by atoms with Crippen molar-refractivity contribution >= 4 is 23.2 Å². The molecule has 22 heavy (non-hydrogen) atoms. The lowest BCUT2D eigenvalue weighted by Gasteiger charge is -2.28. The van der Waals surface area contributed by atoms with Crippen molar-refractivity contribution in [1.82, 2.24) is 5.32 Å². The summed E-state index contributed by atoms with van der Waals surface area (Å²) in [5.74, 6) is -0.929. The van der Waals surface area contributed by atoms with Gasteiger partial charge >= 0.3 is 5.97 Å². The fourth-order valence-corrected chi connectivity index (χ4v) is 2.35. The van der Waals surface area contributed by atoms with E-state index in [1.165, 1.54) is 6.92 Å². The minimum Gasteiger partial charge on any atom is -0.453 e. The second kappa shape index (κ2) is 7.95. The number of rotatable bonds is 7. The van der Waals surface area contributed by atoms with Gasteiger partial charge in [0.1, 0.15) is 5.54 Å². The molecule has 120 valence electrons. The molecule has 0 aliphatic heterocycles. The second-order valence-electron chi connectivity index (χ2n) is 5.72. The molecule has 1 amide bonds. The zero-order valence-corrected chi connectivity index (χ0v) is 14.2. The van der Waals surface area contributed by atoms with Gasteiger partial charge in [-0.25, -0.2) is 0 Å². The molecule has 0 fully saturated rings. The Bertz CT molecular complexity index is 548. The van der Waals surface area contributed by atoms with Gasteiger partial charge in [0.15, 0.2) is 6.10 Å². The highest BCUT2D eigenvalue weighted by molar-refractivity contribution is 7.07. The first-order valence-electron chi connectivity index (χ1n) is 7.22. The van der Waals surface area contributed by atoms with Crippen LogP contribution in [0.1, 0.15) is 39.7 Å². The highest BCUT2D eigenvalue weighted by atomic mass is 32.1. The van der Waals surface area contributed by atoms with Crippen LogP contribution in [0.3, 0.4) is 0 Å². The molecule has 1 rings (SSSR count). The molecule has 1 heterocycles. The van der Waals surface area contributed by atoms with E-state index >= 15 is 0 Å². The SMILES string of the molecule is CC(OC(=O)CCc1ccsc1)C(=O)NC(C)(C#N)C(C)C. The molecule has 2 atom stereocenters. The highest BCUT2D eigenvalue weighted by Gasteiger charge is 2.32. The summed E-state index contributed by atoms with van der Waals surface area (Å²) in [6.45, 7) is 6.86. The van der Waals surface area contributed by atoms with Crippen molar-refractivity contribution in [3.63, 3.8) is 0 Å². The monoisotopic (exact) mass is 322 g/mol. The van der Waals surface area contributed by atoms with Crippen LogP contribution in [0.2, 0.25) is 0 Å². The number of nitriles is 1. The van der Waals surface area contributed by atoms with Gasteiger partial charge in [-0.15, -0.1) is 0 Å². The van der Waals surface area contributed by atoms with Crippen LogP contribution in [0.25, 0.3) is 0 Å². The number of hydrogen-bond acceptors (Lipinski definition) is 5. The number of thiophene rings is 1. The van der Waals surface area contributed by atoms with Gasteiger partial charge < -0.3 is 10.1 Å². The van der Waals surface area contributed by atoms with Gasteiger partial charge in [-0.3, -0.25) is 9.59 Å². The number of carbonyl (C=O) groups excluding carboxylic acids is 2. The molecule has 1 N–H and O–H groups in total. The first-order valence-corrected chi connectivity index (χ1v) is 8.16. The molecular weight excluding hydrogens is 300 g/mol. The van der Waals surface area contributed by atoms with E-state index in [0.29, 0.717) is 6.42 Å². The maximum Gasteiger partial charge on any atom is 0.306 e. The Labute approximate surface area is 135 Å². The quantitative estimate of drug-likeness (QED) is 0.783. The third-order valence-electron chi connectivity index (χ3n) is 3.65. The minimum absolute atomic E-state index is 0.0528. The summed E-state index contributed by atoms with van der Waals surface area (Å²) in [4.78, 5) is 23.8. The lowest BCUT2D eigenvalue weighted by molar-refractivity contribution is -0.155. The number of carbonyl (C=O) groups is 2. The summed E-state index contributed by atoms with van der Waals surface area (Å²) in [6, 6.07) is 4.04. The van der Waals surface area contributed by atoms with Crippen LogP contribution in [0.5, 0.6) is 0 Å². The van der Waals surface area contributed by atoms with Gasteiger partial charge in [-0.05, 0) is 48.6 Å². The van der Waals surface area contributed by atoms with Crippen LogP contribution in [0.4, 0.5) is 0 Å². The molecule has 5 nitrogen and oxygen atoms in total. The Hall–Kier alpha value is -1.87. The predicted octanol–water partition coefficient (Wildman–Crippen LogP) is 2.67. The Morgan fingerprint density at radius 1 is 1.45 bits per heavy atom. The standard InChI is InChI=1S/C16H22N2O3S/c1-11(2)16(4,10-17)18-15(20)12(3)21-14(19)6-5-13-7-8-22-9-13/h7-9,11-12H,5-6H2,1-4H3,(H,18,20). The number of amides is 1. The van der Waals surface area contributed by atoms with Gasteiger partial charge in [0.05, 0.1) is 6.07 Å². The summed E-state index contributed by atoms with van der Waals surface area (Å²) in [5.41, 5.74) is 0.102. The van der Waals surface area contributed by atoms with Crippen LogP contribution in [-0.4, -0.2) is 23.5 Å². The smallest absolute Gasteiger partial charge is 0.306 e. The van der Waals surface area contributed by atoms with Gasteiger partial charge in [-0.2, -0.15) is 16.6 Å². The zero-order chi connectivity index (χ0) is 16.8. The van der Waals surface area contributed by atoms with E-state index in [2.05, 4.69) is 11.4 Å². The molecule has 0 aliphatic carbocycles. The van der Waals surface area contributed by atoms with Crippen molar-refractivity contribution in [1.29, 1.82) is 5.26 Å². The van der Waals surface area contributed by atoms with Crippen molar-refractivity contribution in [3.05, 3.63) is 22.4 Å². The van der Waals surface area contributed by atoms with Gasteiger partial charge in [-0.1, -0.05) is 13.8 Å². The number of esters is 1. The van der Waals surface area contributed by atoms with E-state index in [1.54, 1.807) is 18.3 Å². The molecule has 0 bridgehead atoms. The van der Waals surface area contributed by atoms with Gasteiger partial charge in [0.2, 0.25) is 0 Å². The number of nitrogens with one attached hydrogen (secondary N) is 1. The van der Waals surface area contributed by atoms with E-state index < -0.39 is 23.5 Å². The molecule has 0 aliphatic rings. The first-order chi connectivity index (χ1) is 10.3. The molecule has 0 saturated carbocycles. The normalized spacial score (nSPS) is 14.7. The maximum atomic E-state index is 12.1. The Balaban J connectivity index is 2.46. The van der Waals surface area contributed by atoms with E-state index in [-0.39, 0.29) is 12.3 Å². The fraction of sp³-hybridized carbons (Fsp3) is 0.562. The highest BCUT2D eigenvalue weighted by Crippen LogP contribution is 2.16. The van der Waals surface area contributed by atoms with Crippen molar-refractivity contribution in [2.24, 2.45) is 5.92 Å². The van der Waals surface area contributed by atoms with E-state index in [9.17, 15) is 14.9 Å². The number of ether oxygens (including phenoxy) is 1. The molecule has 0 radical (unpaired) electrons. The third kappa shape index (κ3) is 5.15. The lowest BCUT2D eigenvalue weighted by atomic mass is 9.90. The Kier molecular flexibility index (Phi) is 6.57. The summed E-state index contributed by atoms with van der Waals surface area (Å²) in [6.07, 6.45) is -0.0893. The average Bonchev–Trinajstić information content (AvgIpc) is 2.97. The number of aryl methyl sites for hydroxylation is 1. The van der Waals surface area contributed by atoms with Crippen LogP contribution >= 0.6 is 11.3 Å². The number of nitrogens with zero attached hydrogens (tertiary/aromatic N) is 1. The lowest BCUT2D eigenvalue weighted by Crippen LogP contribution is -2.52. The van der Waals surface area contributed by atoms with Gasteiger partial charge in [0, 0.05) is 6.42 Å². The summed E-state index contributed by atoms with van der Waals surface area (Å²) < 4.78 is 5.12. The second-order valence-corrected chi connectivity index (χ2v) is 6.50. The van der Waals surface area contributed by atoms with Crippen LogP contribution in [0.15, 0.2) is 16.8 Å². The van der Waals surface area contributed by atoms with Crippen molar-refractivity contribution in [2.75, 3.05) is 0 Å². The molecular formula is C16H22N2O3S. The van der Waals surface area contributed by atoms with Crippen molar-refractivity contribution < 1.29 is 14.3 Å². The van der Waals surface area contributed by atoms with E-state index in [4.69, 9.17) is 4.74 Å². The first kappa shape index (κ1) is 18.2. The van der Waals surface area contributed by atoms with Crippen LogP contribution in [-0.2, 0) is 20.7 Å². The fourth-order valence-electron chi connectivity index (χ4n) is 1.65. The van der Waals surface area contributed by atoms with Crippen LogP contribution in [0, 0.1) is 17.2 Å². The summed E-state index contributed by atoms with van der Waals surface area (Å²) in [7, 11) is 0. The van der Waals surface area contributed by atoms with Gasteiger partial charge in [0.25, 0.3) is 5.91 Å². The number of hydrogen-bond donors (Lipinski definition) is 1. The summed E-state index contributed by atoms with van der Waals surface area (Å²) >= 11 is 1.57. The minimum atomic E-state index is -0.978. The van der Waals surface area contributed by atoms with E-state index in [0.717, 1.165) is 5.56 Å². The zero-order valence-electron chi connectivity index (χ0n) is 13.4. The molecule has 0 spiro atoms. The average molecular weight is 322 g/mol. The van der Waals surface area contributed by atoms with Crippen LogP contribution < -0.4 is 5.32 Å². The largest absolute Gasteiger partial charge is 0.453 e. The molecule has 1 aromatic rings. The Morgan fingerprint density at radius 2 is 2.14 bits per heavy atom.